The number of likely N-dealkylation sites (tertiary alicyclic amines) is 1. The third-order valence-corrected chi connectivity index (χ3v) is 4.48. The van der Waals surface area contributed by atoms with Crippen molar-refractivity contribution < 1.29 is 14.3 Å². The molecule has 142 valence electrons. The van der Waals surface area contributed by atoms with Crippen molar-refractivity contribution in [2.45, 2.75) is 18.9 Å². The lowest BCUT2D eigenvalue weighted by Crippen LogP contribution is -2.47. The van der Waals surface area contributed by atoms with Crippen LogP contribution < -0.4 is 20.8 Å². The van der Waals surface area contributed by atoms with Crippen LogP contribution in [-0.2, 0) is 0 Å². The molecule has 0 radical (unpaired) electrons. The molecule has 3 rings (SSSR count). The fourth-order valence-corrected chi connectivity index (χ4v) is 2.96. The summed E-state index contributed by atoms with van der Waals surface area (Å²) in [6.07, 6.45) is 2.66. The molecule has 3 N–H and O–H groups in total. The van der Waals surface area contributed by atoms with Crippen molar-refractivity contribution in [3.8, 4) is 5.75 Å². The monoisotopic (exact) mass is 370 g/mol. The Balaban J connectivity index is 1.50. The van der Waals surface area contributed by atoms with Gasteiger partial charge < -0.3 is 25.3 Å². The zero-order valence-corrected chi connectivity index (χ0v) is 15.0. The minimum atomic E-state index is -0.353. The molecule has 1 aromatic carbocycles. The average Bonchev–Trinajstić information content (AvgIpc) is 2.69. The van der Waals surface area contributed by atoms with Gasteiger partial charge >= 0.3 is 6.03 Å². The van der Waals surface area contributed by atoms with Gasteiger partial charge in [-0.25, -0.2) is 4.79 Å². The zero-order chi connectivity index (χ0) is 19.2. The highest BCUT2D eigenvalue weighted by Crippen LogP contribution is 2.14. The van der Waals surface area contributed by atoms with Gasteiger partial charge in [-0.2, -0.15) is 0 Å². The van der Waals surface area contributed by atoms with E-state index in [2.05, 4.69) is 15.6 Å². The molecule has 0 saturated carbocycles. The number of piperidine rings is 1. The fourth-order valence-electron chi connectivity index (χ4n) is 2.96. The van der Waals surface area contributed by atoms with Crippen LogP contribution in [0.25, 0.3) is 0 Å². The van der Waals surface area contributed by atoms with Crippen LogP contribution in [0.15, 0.2) is 47.4 Å². The first-order chi connectivity index (χ1) is 13.1. The molecule has 0 spiro atoms. The summed E-state index contributed by atoms with van der Waals surface area (Å²) in [7, 11) is 1.39. The van der Waals surface area contributed by atoms with Crippen LogP contribution in [0.2, 0.25) is 0 Å². The van der Waals surface area contributed by atoms with E-state index >= 15 is 0 Å². The summed E-state index contributed by atoms with van der Waals surface area (Å²) in [6.45, 7) is 1.09. The molecular weight excluding hydrogens is 348 g/mol. The number of nitrogens with zero attached hydrogens (tertiary/aromatic N) is 1. The molecule has 0 atom stereocenters. The number of benzene rings is 1. The number of amides is 3. The smallest absolute Gasteiger partial charge is 0.321 e. The number of urea groups is 1. The van der Waals surface area contributed by atoms with Gasteiger partial charge in [0.25, 0.3) is 5.91 Å². The van der Waals surface area contributed by atoms with E-state index in [1.54, 1.807) is 4.90 Å². The molecule has 1 saturated heterocycles. The Morgan fingerprint density at radius 3 is 2.52 bits per heavy atom. The Bertz CT molecular complexity index is 858. The van der Waals surface area contributed by atoms with Gasteiger partial charge in [0, 0.05) is 37.1 Å². The maximum atomic E-state index is 12.3. The summed E-state index contributed by atoms with van der Waals surface area (Å²) in [5.74, 6) is -0.189. The van der Waals surface area contributed by atoms with E-state index in [-0.39, 0.29) is 34.9 Å². The van der Waals surface area contributed by atoms with Crippen molar-refractivity contribution in [1.82, 2.24) is 15.2 Å². The first-order valence-corrected chi connectivity index (χ1v) is 8.75. The van der Waals surface area contributed by atoms with Crippen molar-refractivity contribution in [1.29, 1.82) is 0 Å². The van der Waals surface area contributed by atoms with Crippen molar-refractivity contribution in [3.63, 3.8) is 0 Å². The summed E-state index contributed by atoms with van der Waals surface area (Å²) >= 11 is 0. The van der Waals surface area contributed by atoms with E-state index in [4.69, 9.17) is 4.74 Å². The molecule has 8 nitrogen and oxygen atoms in total. The number of hydrogen-bond donors (Lipinski definition) is 3. The molecule has 27 heavy (non-hydrogen) atoms. The lowest BCUT2D eigenvalue weighted by molar-refractivity contribution is 0.0914. The quantitative estimate of drug-likeness (QED) is 0.763. The molecule has 2 aromatic rings. The number of rotatable bonds is 4. The Hall–Kier alpha value is -3.29. The minimum absolute atomic E-state index is 0.0520. The van der Waals surface area contributed by atoms with E-state index in [1.807, 2.05) is 30.3 Å². The third kappa shape index (κ3) is 4.66. The molecule has 1 aliphatic heterocycles. The number of anilines is 1. The fraction of sp³-hybridized carbons (Fsp3) is 0.316. The summed E-state index contributed by atoms with van der Waals surface area (Å²) in [6, 6.07) is 10.3. The molecular formula is C19H22N4O4. The number of carbonyl (C=O) groups is 2. The molecule has 1 aromatic heterocycles. The summed E-state index contributed by atoms with van der Waals surface area (Å²) in [5.41, 5.74) is 0.584. The molecule has 0 bridgehead atoms. The Labute approximate surface area is 156 Å². The Morgan fingerprint density at radius 2 is 1.89 bits per heavy atom. The van der Waals surface area contributed by atoms with Crippen LogP contribution in [0.1, 0.15) is 23.3 Å². The summed E-state index contributed by atoms with van der Waals surface area (Å²) in [4.78, 5) is 40.8. The molecule has 2 heterocycles. The van der Waals surface area contributed by atoms with Gasteiger partial charge in [0.05, 0.1) is 7.11 Å². The van der Waals surface area contributed by atoms with Gasteiger partial charge in [-0.05, 0) is 25.0 Å². The number of carbonyl (C=O) groups excluding carboxylic acids is 2. The number of hydrogen-bond acceptors (Lipinski definition) is 4. The van der Waals surface area contributed by atoms with Crippen LogP contribution in [0.3, 0.4) is 0 Å². The Morgan fingerprint density at radius 1 is 1.19 bits per heavy atom. The largest absolute Gasteiger partial charge is 0.491 e. The maximum Gasteiger partial charge on any atom is 0.321 e. The third-order valence-electron chi connectivity index (χ3n) is 4.48. The lowest BCUT2D eigenvalue weighted by atomic mass is 10.1. The van der Waals surface area contributed by atoms with Gasteiger partial charge in [0.15, 0.2) is 5.75 Å². The number of H-pyrrole nitrogens is 1. The van der Waals surface area contributed by atoms with Crippen molar-refractivity contribution >= 4 is 17.6 Å². The van der Waals surface area contributed by atoms with Gasteiger partial charge in [0.2, 0.25) is 5.43 Å². The van der Waals surface area contributed by atoms with Crippen molar-refractivity contribution in [2.24, 2.45) is 0 Å². The first kappa shape index (κ1) is 18.5. The van der Waals surface area contributed by atoms with E-state index < -0.39 is 0 Å². The summed E-state index contributed by atoms with van der Waals surface area (Å²) in [5, 5.41) is 5.76. The number of nitrogens with one attached hydrogen (secondary N) is 3. The second-order valence-corrected chi connectivity index (χ2v) is 6.31. The maximum absolute atomic E-state index is 12.3. The predicted molar refractivity (Wildman–Crippen MR) is 101 cm³/mol. The van der Waals surface area contributed by atoms with Gasteiger partial charge in [-0.15, -0.1) is 0 Å². The van der Waals surface area contributed by atoms with Gasteiger partial charge in [-0.3, -0.25) is 9.59 Å². The van der Waals surface area contributed by atoms with Crippen LogP contribution in [-0.4, -0.2) is 48.1 Å². The van der Waals surface area contributed by atoms with Crippen LogP contribution in [0.4, 0.5) is 10.5 Å². The SMILES string of the molecule is COc1c[nH]c(C(=O)NC2CCN(C(=O)Nc3ccccc3)CC2)cc1=O. The molecule has 0 aliphatic carbocycles. The van der Waals surface area contributed by atoms with E-state index in [1.165, 1.54) is 19.4 Å². The number of aromatic amines is 1. The summed E-state index contributed by atoms with van der Waals surface area (Å²) < 4.78 is 4.89. The van der Waals surface area contributed by atoms with Gasteiger partial charge in [-0.1, -0.05) is 18.2 Å². The zero-order valence-electron chi connectivity index (χ0n) is 15.0. The van der Waals surface area contributed by atoms with Crippen molar-refractivity contribution in [2.75, 3.05) is 25.5 Å². The molecule has 3 amide bonds. The van der Waals surface area contributed by atoms with E-state index in [0.29, 0.717) is 25.9 Å². The lowest BCUT2D eigenvalue weighted by Gasteiger charge is -2.32. The van der Waals surface area contributed by atoms with Crippen molar-refractivity contribution in [3.05, 3.63) is 58.5 Å². The first-order valence-electron chi connectivity index (χ1n) is 8.75. The highest BCUT2D eigenvalue weighted by molar-refractivity contribution is 5.92. The van der Waals surface area contributed by atoms with E-state index in [0.717, 1.165) is 5.69 Å². The van der Waals surface area contributed by atoms with E-state index in [9.17, 15) is 14.4 Å². The number of aromatic nitrogens is 1. The molecule has 0 unspecified atom stereocenters. The predicted octanol–water partition coefficient (Wildman–Crippen LogP) is 1.81. The van der Waals surface area contributed by atoms with Gasteiger partial charge in [0.1, 0.15) is 5.69 Å². The number of ether oxygens (including phenoxy) is 1. The van der Waals surface area contributed by atoms with Crippen LogP contribution >= 0.6 is 0 Å². The molecule has 8 heteroatoms. The number of pyridine rings is 1. The number of methoxy groups -OCH3 is 1. The number of para-hydroxylation sites is 1. The average molecular weight is 370 g/mol. The van der Waals surface area contributed by atoms with Crippen LogP contribution in [0, 0.1) is 0 Å². The molecule has 1 aliphatic rings. The second kappa shape index (κ2) is 8.39. The normalized spacial score (nSPS) is 14.5. The highest BCUT2D eigenvalue weighted by atomic mass is 16.5. The standard InChI is InChI=1S/C19H22N4O4/c1-27-17-12-20-15(11-16(17)24)18(25)21-14-7-9-23(10-8-14)19(26)22-13-5-3-2-4-6-13/h2-6,11-12,14H,7-10H2,1H3,(H,20,24)(H,21,25)(H,22,26). The highest BCUT2D eigenvalue weighted by Gasteiger charge is 2.24. The Kier molecular flexibility index (Phi) is 5.75. The molecule has 1 fully saturated rings. The second-order valence-electron chi connectivity index (χ2n) is 6.31. The topological polar surface area (TPSA) is 104 Å². The minimum Gasteiger partial charge on any atom is -0.491 e. The van der Waals surface area contributed by atoms with Crippen LogP contribution in [0.5, 0.6) is 5.75 Å².